The molecule has 0 aromatic heterocycles. The zero-order chi connectivity index (χ0) is 13.8. The number of hydrogen-bond donors (Lipinski definition) is 1. The number of nitrogens with one attached hydrogen (secondary N) is 1. The largest absolute Gasteiger partial charge is 0.314 e. The highest BCUT2D eigenvalue weighted by Gasteiger charge is 2.23. The number of nitrogens with zero attached hydrogens (tertiary/aromatic N) is 1. The summed E-state index contributed by atoms with van der Waals surface area (Å²) < 4.78 is 13.3. The van der Waals surface area contributed by atoms with E-state index in [2.05, 4.69) is 23.7 Å². The molecule has 2 rings (SSSR count). The number of piperazine rings is 1. The van der Waals surface area contributed by atoms with Crippen molar-refractivity contribution < 1.29 is 4.39 Å². The molecule has 1 fully saturated rings. The average molecular weight is 335 g/mol. The molecular formula is C16H25Cl2FN2. The van der Waals surface area contributed by atoms with Crippen LogP contribution < -0.4 is 5.32 Å². The van der Waals surface area contributed by atoms with Crippen LogP contribution in [0.4, 0.5) is 4.39 Å². The van der Waals surface area contributed by atoms with Gasteiger partial charge in [-0.3, -0.25) is 4.90 Å². The van der Waals surface area contributed by atoms with Gasteiger partial charge < -0.3 is 5.32 Å². The fraction of sp³-hybridized carbons (Fsp3) is 0.500. The number of aryl methyl sites for hydroxylation is 1. The van der Waals surface area contributed by atoms with Gasteiger partial charge in [-0.05, 0) is 43.5 Å². The molecule has 0 bridgehead atoms. The maximum atomic E-state index is 13.3. The van der Waals surface area contributed by atoms with Crippen molar-refractivity contribution >= 4 is 24.8 Å². The summed E-state index contributed by atoms with van der Waals surface area (Å²) in [6, 6.07) is 5.44. The van der Waals surface area contributed by atoms with E-state index in [4.69, 9.17) is 0 Å². The predicted octanol–water partition coefficient (Wildman–Crippen LogP) is 3.89. The molecular weight excluding hydrogens is 310 g/mol. The quantitative estimate of drug-likeness (QED) is 0.840. The second kappa shape index (κ2) is 9.42. The van der Waals surface area contributed by atoms with Crippen LogP contribution in [0, 0.1) is 12.7 Å². The summed E-state index contributed by atoms with van der Waals surface area (Å²) in [4.78, 5) is 2.48. The van der Waals surface area contributed by atoms with Crippen LogP contribution in [-0.2, 0) is 0 Å². The molecule has 1 aromatic rings. The Morgan fingerprint density at radius 2 is 1.95 bits per heavy atom. The summed E-state index contributed by atoms with van der Waals surface area (Å²) in [5.41, 5.74) is 3.43. The Bertz CT molecular complexity index is 460. The van der Waals surface area contributed by atoms with Gasteiger partial charge in [-0.2, -0.15) is 0 Å². The van der Waals surface area contributed by atoms with E-state index < -0.39 is 0 Å². The lowest BCUT2D eigenvalue weighted by atomic mass is 9.94. The molecule has 120 valence electrons. The lowest BCUT2D eigenvalue weighted by molar-refractivity contribution is 0.172. The van der Waals surface area contributed by atoms with Gasteiger partial charge in [0.25, 0.3) is 0 Å². The van der Waals surface area contributed by atoms with E-state index in [-0.39, 0.29) is 30.6 Å². The third kappa shape index (κ3) is 5.59. The Morgan fingerprint density at radius 1 is 1.33 bits per heavy atom. The van der Waals surface area contributed by atoms with Crippen molar-refractivity contribution in [2.75, 3.05) is 26.2 Å². The fourth-order valence-corrected chi connectivity index (χ4v) is 2.77. The van der Waals surface area contributed by atoms with Crippen LogP contribution >= 0.6 is 24.8 Å². The molecule has 1 N–H and O–H groups in total. The first-order valence-corrected chi connectivity index (χ1v) is 6.93. The molecule has 1 aliphatic heterocycles. The second-order valence-electron chi connectivity index (χ2n) is 5.46. The van der Waals surface area contributed by atoms with Gasteiger partial charge in [0.2, 0.25) is 0 Å². The molecule has 0 amide bonds. The van der Waals surface area contributed by atoms with Crippen molar-refractivity contribution in [2.45, 2.75) is 26.3 Å². The first-order chi connectivity index (χ1) is 9.08. The summed E-state index contributed by atoms with van der Waals surface area (Å²) in [5.74, 6) is -0.157. The Labute approximate surface area is 139 Å². The van der Waals surface area contributed by atoms with Crippen LogP contribution in [0.1, 0.15) is 30.5 Å². The van der Waals surface area contributed by atoms with Crippen LogP contribution in [0.15, 0.2) is 30.4 Å². The molecule has 0 saturated carbocycles. The average Bonchev–Trinajstić information content (AvgIpc) is 2.37. The third-order valence-corrected chi connectivity index (χ3v) is 3.73. The lowest BCUT2D eigenvalue weighted by Crippen LogP contribution is -2.45. The molecule has 1 atom stereocenters. The highest BCUT2D eigenvalue weighted by Crippen LogP contribution is 2.30. The van der Waals surface area contributed by atoms with E-state index >= 15 is 0 Å². The second-order valence-corrected chi connectivity index (χ2v) is 5.46. The van der Waals surface area contributed by atoms with Gasteiger partial charge in [-0.1, -0.05) is 11.6 Å². The summed E-state index contributed by atoms with van der Waals surface area (Å²) in [6.07, 6.45) is 0.937. The number of hydrogen-bond acceptors (Lipinski definition) is 2. The summed E-state index contributed by atoms with van der Waals surface area (Å²) in [6.45, 7) is 12.2. The molecule has 0 unspecified atom stereocenters. The SMILES string of the molecule is C=C(C)C[C@@H](c1ccc(F)cc1C)N1CCNCC1.Cl.Cl. The Kier molecular flexibility index (Phi) is 9.14. The highest BCUT2D eigenvalue weighted by atomic mass is 35.5. The molecule has 2 nitrogen and oxygen atoms in total. The molecule has 1 saturated heterocycles. The Morgan fingerprint density at radius 3 is 2.48 bits per heavy atom. The Balaban J connectivity index is 0.00000200. The highest BCUT2D eigenvalue weighted by molar-refractivity contribution is 5.85. The molecule has 1 aliphatic rings. The van der Waals surface area contributed by atoms with Crippen LogP contribution in [0.2, 0.25) is 0 Å². The summed E-state index contributed by atoms with van der Waals surface area (Å²) in [7, 11) is 0. The van der Waals surface area contributed by atoms with E-state index in [0.717, 1.165) is 38.2 Å². The molecule has 0 aliphatic carbocycles. The zero-order valence-corrected chi connectivity index (χ0v) is 14.3. The van der Waals surface area contributed by atoms with Gasteiger partial charge in [-0.25, -0.2) is 4.39 Å². The van der Waals surface area contributed by atoms with Crippen LogP contribution in [-0.4, -0.2) is 31.1 Å². The molecule has 5 heteroatoms. The number of halogens is 3. The van der Waals surface area contributed by atoms with E-state index in [1.165, 1.54) is 11.1 Å². The first-order valence-electron chi connectivity index (χ1n) is 6.93. The van der Waals surface area contributed by atoms with Gasteiger partial charge in [0.05, 0.1) is 0 Å². The van der Waals surface area contributed by atoms with E-state index in [0.29, 0.717) is 6.04 Å². The third-order valence-electron chi connectivity index (χ3n) is 3.73. The topological polar surface area (TPSA) is 15.3 Å². The minimum Gasteiger partial charge on any atom is -0.314 e. The van der Waals surface area contributed by atoms with Gasteiger partial charge >= 0.3 is 0 Å². The number of rotatable bonds is 4. The van der Waals surface area contributed by atoms with Crippen molar-refractivity contribution in [1.82, 2.24) is 10.2 Å². The van der Waals surface area contributed by atoms with Crippen molar-refractivity contribution in [3.63, 3.8) is 0 Å². The predicted molar refractivity (Wildman–Crippen MR) is 92.2 cm³/mol. The van der Waals surface area contributed by atoms with Gasteiger partial charge in [0, 0.05) is 32.2 Å². The zero-order valence-electron chi connectivity index (χ0n) is 12.7. The molecule has 0 radical (unpaired) electrons. The van der Waals surface area contributed by atoms with Crippen LogP contribution in [0.25, 0.3) is 0 Å². The van der Waals surface area contributed by atoms with Crippen LogP contribution in [0.5, 0.6) is 0 Å². The van der Waals surface area contributed by atoms with Crippen molar-refractivity contribution in [2.24, 2.45) is 0 Å². The smallest absolute Gasteiger partial charge is 0.123 e. The minimum atomic E-state index is -0.157. The van der Waals surface area contributed by atoms with Crippen molar-refractivity contribution in [3.8, 4) is 0 Å². The first kappa shape index (κ1) is 20.4. The van der Waals surface area contributed by atoms with Gasteiger partial charge in [-0.15, -0.1) is 31.4 Å². The van der Waals surface area contributed by atoms with Gasteiger partial charge in [0.15, 0.2) is 0 Å². The van der Waals surface area contributed by atoms with Crippen molar-refractivity contribution in [3.05, 3.63) is 47.3 Å². The summed E-state index contributed by atoms with van der Waals surface area (Å²) in [5, 5.41) is 3.37. The van der Waals surface area contributed by atoms with E-state index in [1.54, 1.807) is 12.1 Å². The standard InChI is InChI=1S/C16H23FN2.2ClH/c1-12(2)10-16(19-8-6-18-7-9-19)15-5-4-14(17)11-13(15)3;;/h4-5,11,16,18H,1,6-10H2,2-3H3;2*1H/t16-;;/m0../s1. The number of benzene rings is 1. The van der Waals surface area contributed by atoms with Crippen molar-refractivity contribution in [1.29, 1.82) is 0 Å². The summed E-state index contributed by atoms with van der Waals surface area (Å²) >= 11 is 0. The monoisotopic (exact) mass is 334 g/mol. The molecule has 1 heterocycles. The fourth-order valence-electron chi connectivity index (χ4n) is 2.77. The lowest BCUT2D eigenvalue weighted by Gasteiger charge is -2.36. The Hall–Kier alpha value is -0.610. The van der Waals surface area contributed by atoms with Crippen LogP contribution in [0.3, 0.4) is 0 Å². The molecule has 1 aromatic carbocycles. The van der Waals surface area contributed by atoms with E-state index in [1.807, 2.05) is 13.0 Å². The molecule has 21 heavy (non-hydrogen) atoms. The maximum Gasteiger partial charge on any atom is 0.123 e. The minimum absolute atomic E-state index is 0. The maximum absolute atomic E-state index is 13.3. The van der Waals surface area contributed by atoms with Gasteiger partial charge in [0.1, 0.15) is 5.82 Å². The van der Waals surface area contributed by atoms with E-state index in [9.17, 15) is 4.39 Å². The molecule has 0 spiro atoms. The normalized spacial score (nSPS) is 16.5.